The van der Waals surface area contributed by atoms with Gasteiger partial charge in [-0.1, -0.05) is 6.58 Å². The normalized spacial score (nSPS) is 18.5. The van der Waals surface area contributed by atoms with E-state index in [0.29, 0.717) is 0 Å². The summed E-state index contributed by atoms with van der Waals surface area (Å²) in [4.78, 5) is 21.5. The van der Waals surface area contributed by atoms with Gasteiger partial charge in [0.2, 0.25) is 0 Å². The van der Waals surface area contributed by atoms with Crippen LogP contribution in [0.3, 0.4) is 0 Å². The van der Waals surface area contributed by atoms with Crippen molar-refractivity contribution in [1.82, 2.24) is 0 Å². The summed E-state index contributed by atoms with van der Waals surface area (Å²) in [5.41, 5.74) is -0.456. The van der Waals surface area contributed by atoms with Gasteiger partial charge in [-0.25, -0.2) is 4.79 Å². The van der Waals surface area contributed by atoms with Crippen LogP contribution in [0.5, 0.6) is 0 Å². The van der Waals surface area contributed by atoms with Crippen molar-refractivity contribution in [3.63, 3.8) is 0 Å². The average molecular weight is 294 g/mol. The molecule has 0 aromatic carbocycles. The minimum absolute atomic E-state index is 0.0356. The Morgan fingerprint density at radius 3 is 2.15 bits per heavy atom. The van der Waals surface area contributed by atoms with E-state index in [4.69, 9.17) is 15.3 Å². The molecule has 9 heteroatoms. The number of ether oxygens (including phenoxy) is 1. The lowest BCUT2D eigenvalue weighted by molar-refractivity contribution is -0.153. The SMILES string of the molecule is C=C(C(=O)OCC(O)C(O)C(O)C(O)C=O)C(O)CO. The van der Waals surface area contributed by atoms with Crippen LogP contribution in [0.1, 0.15) is 0 Å². The molecule has 0 amide bonds. The molecule has 0 aromatic rings. The molecule has 6 N–H and O–H groups in total. The second kappa shape index (κ2) is 8.74. The molecular weight excluding hydrogens is 276 g/mol. The van der Waals surface area contributed by atoms with E-state index in [0.717, 1.165) is 0 Å². The zero-order valence-electron chi connectivity index (χ0n) is 10.5. The van der Waals surface area contributed by atoms with Gasteiger partial charge < -0.3 is 40.2 Å². The van der Waals surface area contributed by atoms with E-state index in [9.17, 15) is 24.9 Å². The van der Waals surface area contributed by atoms with Crippen molar-refractivity contribution in [2.24, 2.45) is 0 Å². The van der Waals surface area contributed by atoms with Gasteiger partial charge in [-0.3, -0.25) is 0 Å². The summed E-state index contributed by atoms with van der Waals surface area (Å²) in [6.07, 6.45) is -9.12. The highest BCUT2D eigenvalue weighted by Crippen LogP contribution is 2.07. The van der Waals surface area contributed by atoms with Crippen LogP contribution in [0.2, 0.25) is 0 Å². The fourth-order valence-electron chi connectivity index (χ4n) is 1.11. The highest BCUT2D eigenvalue weighted by Gasteiger charge is 2.31. The summed E-state index contributed by atoms with van der Waals surface area (Å²) >= 11 is 0. The summed E-state index contributed by atoms with van der Waals surface area (Å²) < 4.78 is 4.47. The van der Waals surface area contributed by atoms with Crippen molar-refractivity contribution in [2.75, 3.05) is 13.2 Å². The van der Waals surface area contributed by atoms with E-state index in [-0.39, 0.29) is 6.29 Å². The quantitative estimate of drug-likeness (QED) is 0.141. The van der Waals surface area contributed by atoms with Gasteiger partial charge in [0, 0.05) is 0 Å². The Labute approximate surface area is 114 Å². The summed E-state index contributed by atoms with van der Waals surface area (Å²) in [6.45, 7) is 1.64. The topological polar surface area (TPSA) is 165 Å². The zero-order chi connectivity index (χ0) is 15.9. The van der Waals surface area contributed by atoms with Crippen molar-refractivity contribution < 1.29 is 45.0 Å². The lowest BCUT2D eigenvalue weighted by Gasteiger charge is -2.24. The van der Waals surface area contributed by atoms with E-state index >= 15 is 0 Å². The molecule has 116 valence electrons. The van der Waals surface area contributed by atoms with Crippen LogP contribution in [0.15, 0.2) is 12.2 Å². The minimum atomic E-state index is -1.95. The second-order valence-electron chi connectivity index (χ2n) is 4.00. The number of aliphatic hydroxyl groups excluding tert-OH is 6. The molecule has 0 rings (SSSR count). The van der Waals surface area contributed by atoms with Crippen LogP contribution >= 0.6 is 0 Å². The van der Waals surface area contributed by atoms with Gasteiger partial charge in [0.25, 0.3) is 0 Å². The molecule has 0 aliphatic carbocycles. The number of esters is 1. The highest BCUT2D eigenvalue weighted by molar-refractivity contribution is 5.88. The number of carbonyl (C=O) groups excluding carboxylic acids is 2. The van der Waals surface area contributed by atoms with Gasteiger partial charge in [-0.15, -0.1) is 0 Å². The molecule has 0 aromatic heterocycles. The van der Waals surface area contributed by atoms with E-state index in [2.05, 4.69) is 11.3 Å². The lowest BCUT2D eigenvalue weighted by atomic mass is 10.0. The first kappa shape index (κ1) is 18.6. The van der Waals surface area contributed by atoms with Crippen molar-refractivity contribution in [1.29, 1.82) is 0 Å². The number of hydrogen-bond acceptors (Lipinski definition) is 9. The molecule has 0 aliphatic heterocycles. The number of hydrogen-bond donors (Lipinski definition) is 6. The van der Waals surface area contributed by atoms with Gasteiger partial charge >= 0.3 is 5.97 Å². The summed E-state index contributed by atoms with van der Waals surface area (Å²) in [5, 5.41) is 54.6. The number of rotatable bonds is 9. The minimum Gasteiger partial charge on any atom is -0.459 e. The molecule has 0 radical (unpaired) electrons. The Morgan fingerprint density at radius 2 is 1.70 bits per heavy atom. The Bertz CT molecular complexity index is 343. The first-order valence-electron chi connectivity index (χ1n) is 5.58. The van der Waals surface area contributed by atoms with E-state index in [1.165, 1.54) is 0 Å². The van der Waals surface area contributed by atoms with Crippen LogP contribution in [0.4, 0.5) is 0 Å². The summed E-state index contributed by atoms with van der Waals surface area (Å²) in [6, 6.07) is 0. The Hall–Kier alpha value is -1.36. The molecule has 5 atom stereocenters. The molecule has 5 unspecified atom stereocenters. The van der Waals surface area contributed by atoms with Crippen molar-refractivity contribution in [2.45, 2.75) is 30.5 Å². The summed E-state index contributed by atoms with van der Waals surface area (Å²) in [5.74, 6) is -1.12. The van der Waals surface area contributed by atoms with Crippen LogP contribution < -0.4 is 0 Å². The third-order valence-electron chi connectivity index (χ3n) is 2.46. The zero-order valence-corrected chi connectivity index (χ0v) is 10.5. The maximum atomic E-state index is 11.3. The average Bonchev–Trinajstić information content (AvgIpc) is 2.47. The molecular formula is C11H18O9. The van der Waals surface area contributed by atoms with Crippen LogP contribution in [-0.2, 0) is 14.3 Å². The molecule has 0 fully saturated rings. The monoisotopic (exact) mass is 294 g/mol. The van der Waals surface area contributed by atoms with E-state index < -0.39 is 55.3 Å². The maximum Gasteiger partial charge on any atom is 0.336 e. The van der Waals surface area contributed by atoms with Crippen molar-refractivity contribution in [3.8, 4) is 0 Å². The second-order valence-corrected chi connectivity index (χ2v) is 4.00. The van der Waals surface area contributed by atoms with Gasteiger partial charge in [0.1, 0.15) is 37.1 Å². The van der Waals surface area contributed by atoms with Crippen LogP contribution in [0, 0.1) is 0 Å². The fourth-order valence-corrected chi connectivity index (χ4v) is 1.11. The van der Waals surface area contributed by atoms with E-state index in [1.807, 2.05) is 0 Å². The summed E-state index contributed by atoms with van der Waals surface area (Å²) in [7, 11) is 0. The van der Waals surface area contributed by atoms with Gasteiger partial charge in [-0.05, 0) is 0 Å². The van der Waals surface area contributed by atoms with Gasteiger partial charge in [0.05, 0.1) is 12.2 Å². The Balaban J connectivity index is 4.34. The molecule has 0 bridgehead atoms. The van der Waals surface area contributed by atoms with Gasteiger partial charge in [0.15, 0.2) is 6.29 Å². The third kappa shape index (κ3) is 5.33. The molecule has 20 heavy (non-hydrogen) atoms. The number of carbonyl (C=O) groups is 2. The molecule has 0 spiro atoms. The third-order valence-corrected chi connectivity index (χ3v) is 2.46. The van der Waals surface area contributed by atoms with Gasteiger partial charge in [-0.2, -0.15) is 0 Å². The first-order chi connectivity index (χ1) is 9.26. The van der Waals surface area contributed by atoms with E-state index in [1.54, 1.807) is 0 Å². The molecule has 9 nitrogen and oxygen atoms in total. The number of aliphatic hydroxyl groups is 6. The predicted octanol–water partition coefficient (Wildman–Crippen LogP) is -3.92. The standard InChI is InChI=1S/C11H18O9/c1-5(6(14)2-12)11(19)20-4-8(16)10(18)9(17)7(15)3-13/h3,6-10,12,14-18H,1-2,4H2. The number of aldehydes is 1. The maximum absolute atomic E-state index is 11.3. The van der Waals surface area contributed by atoms with Crippen LogP contribution in [-0.4, -0.2) is 86.6 Å². The first-order valence-corrected chi connectivity index (χ1v) is 5.58. The van der Waals surface area contributed by atoms with Crippen molar-refractivity contribution in [3.05, 3.63) is 12.2 Å². The highest BCUT2D eigenvalue weighted by atomic mass is 16.5. The smallest absolute Gasteiger partial charge is 0.336 e. The largest absolute Gasteiger partial charge is 0.459 e. The Morgan fingerprint density at radius 1 is 1.15 bits per heavy atom. The molecule has 0 saturated carbocycles. The molecule has 0 aliphatic rings. The fraction of sp³-hybridized carbons (Fsp3) is 0.636. The van der Waals surface area contributed by atoms with Crippen LogP contribution in [0.25, 0.3) is 0 Å². The van der Waals surface area contributed by atoms with Crippen molar-refractivity contribution >= 4 is 12.3 Å². The lowest BCUT2D eigenvalue weighted by Crippen LogP contribution is -2.47. The molecule has 0 saturated heterocycles. The molecule has 0 heterocycles. The Kier molecular flexibility index (Phi) is 8.15. The predicted molar refractivity (Wildman–Crippen MR) is 63.3 cm³/mol.